The summed E-state index contributed by atoms with van der Waals surface area (Å²) in [6.07, 6.45) is -0.405. The first-order valence-corrected chi connectivity index (χ1v) is 11.6. The van der Waals surface area contributed by atoms with Crippen molar-refractivity contribution >= 4 is 36.9 Å². The Bertz CT molecular complexity index is 402. The van der Waals surface area contributed by atoms with Gasteiger partial charge in [-0.1, -0.05) is 15.9 Å². The van der Waals surface area contributed by atoms with E-state index in [9.17, 15) is 18.8 Å². The average molecular weight is 409 g/mol. The molecule has 21 heavy (non-hydrogen) atoms. The monoisotopic (exact) mass is 408 g/mol. The van der Waals surface area contributed by atoms with E-state index in [2.05, 4.69) is 15.9 Å². The molecule has 0 spiro atoms. The minimum atomic E-state index is -3.79. The number of alkyl halides is 1. The molecule has 10 heteroatoms. The number of carbonyl (C=O) groups excluding carboxylic acids is 1. The maximum atomic E-state index is 12.5. The second-order valence-corrected chi connectivity index (χ2v) is 9.67. The minimum absolute atomic E-state index is 0.00187. The molecule has 0 aromatic heterocycles. The molecule has 0 heterocycles. The smallest absolute Gasteiger partial charge is 0.328 e. The molecule has 0 radical (unpaired) electrons. The van der Waals surface area contributed by atoms with Crippen LogP contribution in [0.1, 0.15) is 20.3 Å². The van der Waals surface area contributed by atoms with Gasteiger partial charge >= 0.3 is 13.6 Å². The van der Waals surface area contributed by atoms with Gasteiger partial charge in [0.15, 0.2) is 0 Å². The van der Waals surface area contributed by atoms with Crippen LogP contribution in [0.25, 0.3) is 0 Å². The van der Waals surface area contributed by atoms with Crippen LogP contribution in [0.2, 0.25) is 0 Å². The van der Waals surface area contributed by atoms with E-state index < -0.39 is 20.9 Å². The third kappa shape index (κ3) is 10.6. The fourth-order valence-electron chi connectivity index (χ4n) is 1.49. The zero-order valence-corrected chi connectivity index (χ0v) is 15.7. The molecule has 0 fully saturated rings. The Morgan fingerprint density at radius 2 is 1.76 bits per heavy atom. The number of rotatable bonds is 12. The molecule has 0 bridgehead atoms. The summed E-state index contributed by atoms with van der Waals surface area (Å²) in [5.41, 5.74) is 0. The summed E-state index contributed by atoms with van der Waals surface area (Å²) in [6, 6.07) is 0. The quantitative estimate of drug-likeness (QED) is 0.301. The van der Waals surface area contributed by atoms with E-state index in [1.165, 1.54) is 0 Å². The number of hydrogen-bond acceptors (Lipinski definition) is 6. The van der Waals surface area contributed by atoms with Gasteiger partial charge in [0.1, 0.15) is 0 Å². The number of ether oxygens (including phenoxy) is 1. The van der Waals surface area contributed by atoms with E-state index in [4.69, 9.17) is 13.8 Å². The van der Waals surface area contributed by atoms with Crippen LogP contribution in [0.5, 0.6) is 0 Å². The highest BCUT2D eigenvalue weighted by Gasteiger charge is 2.29. The Balaban J connectivity index is 4.48. The molecule has 0 saturated heterocycles. The number of hydrogen-bond donors (Lipinski definition) is 1. The lowest BCUT2D eigenvalue weighted by Gasteiger charge is -2.19. The SMILES string of the molecule is CCOC(=O)CCP(=O)(CCP(=O)(O)OCCBr)OCC. The molecule has 2 atom stereocenters. The van der Waals surface area contributed by atoms with Gasteiger partial charge in [0, 0.05) is 17.7 Å². The summed E-state index contributed by atoms with van der Waals surface area (Å²) in [4.78, 5) is 20.9. The zero-order valence-electron chi connectivity index (χ0n) is 12.3. The maximum Gasteiger partial charge on any atom is 0.328 e. The Labute approximate surface area is 133 Å². The van der Waals surface area contributed by atoms with Gasteiger partial charge in [-0.3, -0.25) is 13.9 Å². The summed E-state index contributed by atoms with van der Waals surface area (Å²) in [7, 11) is -6.94. The lowest BCUT2D eigenvalue weighted by Crippen LogP contribution is -2.11. The second-order valence-electron chi connectivity index (χ2n) is 4.12. The van der Waals surface area contributed by atoms with Crippen LogP contribution in [-0.4, -0.2) is 54.5 Å². The predicted octanol–water partition coefficient (Wildman–Crippen LogP) is 2.85. The Morgan fingerprint density at radius 3 is 2.29 bits per heavy atom. The van der Waals surface area contributed by atoms with Crippen LogP contribution >= 0.6 is 30.9 Å². The summed E-state index contributed by atoms with van der Waals surface area (Å²) in [6.45, 7) is 3.91. The molecule has 0 aliphatic carbocycles. The second kappa shape index (κ2) is 10.9. The number of carbonyl (C=O) groups is 1. The Kier molecular flexibility index (Phi) is 11.1. The van der Waals surface area contributed by atoms with Crippen LogP contribution < -0.4 is 0 Å². The lowest BCUT2D eigenvalue weighted by molar-refractivity contribution is -0.142. The van der Waals surface area contributed by atoms with Crippen molar-refractivity contribution < 1.29 is 32.6 Å². The summed E-state index contributed by atoms with van der Waals surface area (Å²) < 4.78 is 39.0. The number of halogens is 1. The zero-order chi connectivity index (χ0) is 16.4. The highest BCUT2D eigenvalue weighted by atomic mass is 79.9. The van der Waals surface area contributed by atoms with E-state index in [1.807, 2.05) is 0 Å². The van der Waals surface area contributed by atoms with Crippen molar-refractivity contribution in [2.24, 2.45) is 0 Å². The molecule has 0 aliphatic rings. The predicted molar refractivity (Wildman–Crippen MR) is 84.7 cm³/mol. The fourth-order valence-corrected chi connectivity index (χ4v) is 6.11. The van der Waals surface area contributed by atoms with Crippen LogP contribution in [-0.2, 0) is 27.7 Å². The highest BCUT2D eigenvalue weighted by molar-refractivity contribution is 9.09. The van der Waals surface area contributed by atoms with Gasteiger partial charge in [-0.05, 0) is 13.8 Å². The van der Waals surface area contributed by atoms with Crippen molar-refractivity contribution in [1.29, 1.82) is 0 Å². The van der Waals surface area contributed by atoms with Crippen molar-refractivity contribution in [3.63, 3.8) is 0 Å². The highest BCUT2D eigenvalue weighted by Crippen LogP contribution is 2.52. The summed E-state index contributed by atoms with van der Waals surface area (Å²) >= 11 is 3.08. The van der Waals surface area contributed by atoms with Gasteiger partial charge in [-0.2, -0.15) is 0 Å². The van der Waals surface area contributed by atoms with Crippen molar-refractivity contribution in [3.8, 4) is 0 Å². The van der Waals surface area contributed by atoms with Crippen molar-refractivity contribution in [3.05, 3.63) is 0 Å². The lowest BCUT2D eigenvalue weighted by atomic mass is 10.5. The first-order valence-electron chi connectivity index (χ1n) is 6.69. The molecule has 0 aliphatic heterocycles. The van der Waals surface area contributed by atoms with E-state index >= 15 is 0 Å². The maximum absolute atomic E-state index is 12.5. The van der Waals surface area contributed by atoms with Crippen molar-refractivity contribution in [1.82, 2.24) is 0 Å². The van der Waals surface area contributed by atoms with Crippen LogP contribution in [0.3, 0.4) is 0 Å². The Morgan fingerprint density at radius 1 is 1.10 bits per heavy atom. The van der Waals surface area contributed by atoms with E-state index in [0.29, 0.717) is 5.33 Å². The Hall–Kier alpha value is 0.290. The van der Waals surface area contributed by atoms with Crippen molar-refractivity contribution in [2.75, 3.05) is 43.6 Å². The van der Waals surface area contributed by atoms with E-state index in [1.54, 1.807) is 13.8 Å². The molecule has 0 aromatic rings. The molecule has 0 saturated carbocycles. The number of esters is 1. The molecule has 1 N–H and O–H groups in total. The molecule has 2 unspecified atom stereocenters. The van der Waals surface area contributed by atoms with Gasteiger partial charge in [-0.15, -0.1) is 0 Å². The molecular weight excluding hydrogens is 386 g/mol. The van der Waals surface area contributed by atoms with Crippen molar-refractivity contribution in [2.45, 2.75) is 20.3 Å². The van der Waals surface area contributed by atoms with E-state index in [0.717, 1.165) is 0 Å². The first-order chi connectivity index (χ1) is 9.78. The van der Waals surface area contributed by atoms with Crippen LogP contribution in [0.4, 0.5) is 0 Å². The van der Waals surface area contributed by atoms with Gasteiger partial charge in [0.05, 0.1) is 32.4 Å². The largest absolute Gasteiger partial charge is 0.466 e. The molecule has 126 valence electrons. The summed E-state index contributed by atoms with van der Waals surface area (Å²) in [5, 5.41) is 0.434. The molecule has 0 aromatic carbocycles. The molecular formula is C11H23BrO7P2. The average Bonchev–Trinajstić information content (AvgIpc) is 2.42. The van der Waals surface area contributed by atoms with Gasteiger partial charge < -0.3 is 18.7 Å². The van der Waals surface area contributed by atoms with Gasteiger partial charge in [-0.25, -0.2) is 0 Å². The molecule has 7 nitrogen and oxygen atoms in total. The van der Waals surface area contributed by atoms with Crippen LogP contribution in [0.15, 0.2) is 0 Å². The topological polar surface area (TPSA) is 99.1 Å². The van der Waals surface area contributed by atoms with Gasteiger partial charge in [0.2, 0.25) is 7.37 Å². The first kappa shape index (κ1) is 21.3. The molecule has 0 amide bonds. The standard InChI is InChI=1S/C11H23BrO7P2/c1-3-17-11(13)5-8-20(14,18-4-2)9-10-21(15,16)19-7-6-12/h3-10H2,1-2H3,(H,15,16). The third-order valence-electron chi connectivity index (χ3n) is 2.42. The van der Waals surface area contributed by atoms with Crippen LogP contribution in [0, 0.1) is 0 Å². The molecule has 0 rings (SSSR count). The summed E-state index contributed by atoms with van der Waals surface area (Å²) in [5.74, 6) is -0.458. The third-order valence-corrected chi connectivity index (χ3v) is 7.01. The van der Waals surface area contributed by atoms with Gasteiger partial charge in [0.25, 0.3) is 0 Å². The van der Waals surface area contributed by atoms with E-state index in [-0.39, 0.29) is 44.7 Å². The normalized spacial score (nSPS) is 17.0. The fraction of sp³-hybridized carbons (Fsp3) is 0.909. The minimum Gasteiger partial charge on any atom is -0.466 e.